The first-order chi connectivity index (χ1) is 12.9. The number of hydrogen-bond acceptors (Lipinski definition) is 3. The van der Waals surface area contributed by atoms with Crippen molar-refractivity contribution in [2.24, 2.45) is 5.73 Å². The fourth-order valence-electron chi connectivity index (χ4n) is 2.61. The minimum absolute atomic E-state index is 0.103. The van der Waals surface area contributed by atoms with Crippen LogP contribution in [0, 0.1) is 6.92 Å². The smallest absolute Gasteiger partial charge is 0.260 e. The maximum atomic E-state index is 12.7. The molecule has 0 saturated heterocycles. The molecule has 2 amide bonds. The maximum Gasteiger partial charge on any atom is 0.260 e. The minimum atomic E-state index is -0.431. The van der Waals surface area contributed by atoms with E-state index >= 15 is 0 Å². The Morgan fingerprint density at radius 1 is 1.11 bits per heavy atom. The molecule has 0 spiro atoms. The molecule has 2 aromatic rings. The highest BCUT2D eigenvalue weighted by atomic mass is 79.9. The Kier molecular flexibility index (Phi) is 8.31. The molecular formula is C20H22Br2N2O3. The third kappa shape index (κ3) is 6.99. The number of benzene rings is 2. The van der Waals surface area contributed by atoms with E-state index < -0.39 is 5.91 Å². The lowest BCUT2D eigenvalue weighted by Crippen LogP contribution is -2.38. The lowest BCUT2D eigenvalue weighted by atomic mass is 10.1. The Morgan fingerprint density at radius 2 is 1.81 bits per heavy atom. The van der Waals surface area contributed by atoms with E-state index in [4.69, 9.17) is 10.5 Å². The van der Waals surface area contributed by atoms with Crippen LogP contribution in [0.25, 0.3) is 0 Å². The van der Waals surface area contributed by atoms with Crippen molar-refractivity contribution in [1.82, 2.24) is 4.90 Å². The largest absolute Gasteiger partial charge is 0.482 e. The van der Waals surface area contributed by atoms with Crippen molar-refractivity contribution in [1.29, 1.82) is 0 Å². The summed E-state index contributed by atoms with van der Waals surface area (Å²) >= 11 is 6.88. The molecule has 0 aromatic heterocycles. The Hall–Kier alpha value is -1.86. The van der Waals surface area contributed by atoms with E-state index in [1.54, 1.807) is 4.90 Å². The van der Waals surface area contributed by atoms with Crippen molar-refractivity contribution in [3.63, 3.8) is 0 Å². The van der Waals surface area contributed by atoms with Gasteiger partial charge < -0.3 is 15.4 Å². The van der Waals surface area contributed by atoms with Crippen molar-refractivity contribution in [2.75, 3.05) is 19.7 Å². The third-order valence-electron chi connectivity index (χ3n) is 4.03. The van der Waals surface area contributed by atoms with Gasteiger partial charge >= 0.3 is 0 Å². The maximum absolute atomic E-state index is 12.7. The predicted molar refractivity (Wildman–Crippen MR) is 113 cm³/mol. The lowest BCUT2D eigenvalue weighted by molar-refractivity contribution is -0.133. The molecule has 27 heavy (non-hydrogen) atoms. The van der Waals surface area contributed by atoms with Crippen LogP contribution in [0.4, 0.5) is 0 Å². The SMILES string of the molecule is Cc1cc(Br)cc(Br)c1OCC(=O)N(CCC(N)=O)CCc1ccccc1. The van der Waals surface area contributed by atoms with Crippen LogP contribution in [-0.2, 0) is 16.0 Å². The summed E-state index contributed by atoms with van der Waals surface area (Å²) in [5, 5.41) is 0. The number of hydrogen-bond donors (Lipinski definition) is 1. The molecule has 144 valence electrons. The molecule has 7 heteroatoms. The number of nitrogens with two attached hydrogens (primary N) is 1. The van der Waals surface area contributed by atoms with Gasteiger partial charge in [-0.2, -0.15) is 0 Å². The molecule has 0 unspecified atom stereocenters. The molecule has 2 N–H and O–H groups in total. The fourth-order valence-corrected chi connectivity index (χ4v) is 4.17. The van der Waals surface area contributed by atoms with Gasteiger partial charge in [-0.25, -0.2) is 0 Å². The number of carbonyl (C=O) groups excluding carboxylic acids is 2. The van der Waals surface area contributed by atoms with Gasteiger partial charge in [0.2, 0.25) is 5.91 Å². The molecule has 0 radical (unpaired) electrons. The number of amides is 2. The normalized spacial score (nSPS) is 10.5. The lowest BCUT2D eigenvalue weighted by Gasteiger charge is -2.23. The molecule has 0 fully saturated rings. The summed E-state index contributed by atoms with van der Waals surface area (Å²) in [5.41, 5.74) is 7.29. The second-order valence-electron chi connectivity index (χ2n) is 6.16. The molecule has 2 rings (SSSR count). The summed E-state index contributed by atoms with van der Waals surface area (Å²) in [6.07, 6.45) is 0.827. The molecule has 0 aliphatic heterocycles. The van der Waals surface area contributed by atoms with E-state index in [9.17, 15) is 9.59 Å². The highest BCUT2D eigenvalue weighted by Crippen LogP contribution is 2.32. The van der Waals surface area contributed by atoms with Crippen LogP contribution < -0.4 is 10.5 Å². The first-order valence-corrected chi connectivity index (χ1v) is 10.1. The first kappa shape index (κ1) is 21.4. The van der Waals surface area contributed by atoms with Gasteiger partial charge in [0.1, 0.15) is 5.75 Å². The Labute approximate surface area is 176 Å². The van der Waals surface area contributed by atoms with Crippen molar-refractivity contribution in [3.05, 3.63) is 62.5 Å². The van der Waals surface area contributed by atoms with E-state index in [2.05, 4.69) is 31.9 Å². The van der Waals surface area contributed by atoms with Crippen molar-refractivity contribution >= 4 is 43.7 Å². The van der Waals surface area contributed by atoms with Gasteiger partial charge in [0, 0.05) is 24.0 Å². The number of halogens is 2. The second kappa shape index (κ2) is 10.5. The van der Waals surface area contributed by atoms with E-state index in [-0.39, 0.29) is 25.5 Å². The standard InChI is InChI=1S/C20H22Br2N2O3/c1-14-11-16(21)12-17(22)20(14)27-13-19(26)24(10-8-18(23)25)9-7-15-5-3-2-4-6-15/h2-6,11-12H,7-10,13H2,1H3,(H2,23,25). The van der Waals surface area contributed by atoms with Crippen molar-refractivity contribution in [3.8, 4) is 5.75 Å². The van der Waals surface area contributed by atoms with Gasteiger partial charge in [-0.05, 0) is 52.5 Å². The van der Waals surface area contributed by atoms with Crippen LogP contribution in [-0.4, -0.2) is 36.4 Å². The van der Waals surface area contributed by atoms with Gasteiger partial charge in [-0.3, -0.25) is 9.59 Å². The summed E-state index contributed by atoms with van der Waals surface area (Å²) in [7, 11) is 0. The number of rotatable bonds is 9. The summed E-state index contributed by atoms with van der Waals surface area (Å²) in [5.74, 6) is 0.0192. The molecule has 0 aliphatic carbocycles. The van der Waals surface area contributed by atoms with Gasteiger partial charge in [-0.15, -0.1) is 0 Å². The van der Waals surface area contributed by atoms with E-state index in [0.29, 0.717) is 18.7 Å². The monoisotopic (exact) mass is 496 g/mol. The van der Waals surface area contributed by atoms with Gasteiger partial charge in [0.15, 0.2) is 6.61 Å². The molecule has 0 saturated carbocycles. The van der Waals surface area contributed by atoms with E-state index in [1.807, 2.05) is 49.4 Å². The predicted octanol–water partition coefficient (Wildman–Crippen LogP) is 3.85. The van der Waals surface area contributed by atoms with E-state index in [0.717, 1.165) is 20.1 Å². The molecule has 2 aromatic carbocycles. The summed E-state index contributed by atoms with van der Waals surface area (Å²) in [6, 6.07) is 13.7. The topological polar surface area (TPSA) is 72.6 Å². The molecule has 0 heterocycles. The number of nitrogens with zero attached hydrogens (tertiary/aromatic N) is 1. The Bertz CT molecular complexity index is 774. The summed E-state index contributed by atoms with van der Waals surface area (Å²) < 4.78 is 7.45. The quantitative estimate of drug-likeness (QED) is 0.571. The first-order valence-electron chi connectivity index (χ1n) is 8.55. The van der Waals surface area contributed by atoms with Crippen molar-refractivity contribution < 1.29 is 14.3 Å². The van der Waals surface area contributed by atoms with Crippen LogP contribution in [0.1, 0.15) is 17.5 Å². The molecule has 0 aliphatic rings. The van der Waals surface area contributed by atoms with Crippen LogP contribution in [0.3, 0.4) is 0 Å². The average molecular weight is 498 g/mol. The van der Waals surface area contributed by atoms with Crippen molar-refractivity contribution in [2.45, 2.75) is 19.8 Å². The summed E-state index contributed by atoms with van der Waals surface area (Å²) in [4.78, 5) is 25.4. The minimum Gasteiger partial charge on any atom is -0.482 e. The van der Waals surface area contributed by atoms with E-state index in [1.165, 1.54) is 0 Å². The van der Waals surface area contributed by atoms with Crippen LogP contribution in [0.5, 0.6) is 5.75 Å². The zero-order chi connectivity index (χ0) is 19.8. The highest BCUT2D eigenvalue weighted by Gasteiger charge is 2.17. The summed E-state index contributed by atoms with van der Waals surface area (Å²) in [6.45, 7) is 2.59. The number of aryl methyl sites for hydroxylation is 1. The van der Waals surface area contributed by atoms with Crippen LogP contribution in [0.15, 0.2) is 51.4 Å². The molecule has 0 bridgehead atoms. The average Bonchev–Trinajstić information content (AvgIpc) is 2.61. The fraction of sp³-hybridized carbons (Fsp3) is 0.300. The Morgan fingerprint density at radius 3 is 2.44 bits per heavy atom. The van der Waals surface area contributed by atoms with Crippen LogP contribution in [0.2, 0.25) is 0 Å². The number of carbonyl (C=O) groups is 2. The zero-order valence-corrected chi connectivity index (χ0v) is 18.3. The van der Waals surface area contributed by atoms with Gasteiger partial charge in [0.05, 0.1) is 4.47 Å². The number of primary amides is 1. The molecular weight excluding hydrogens is 476 g/mol. The Balaban J connectivity index is 2.01. The third-order valence-corrected chi connectivity index (χ3v) is 5.07. The van der Waals surface area contributed by atoms with Gasteiger partial charge in [0.25, 0.3) is 5.91 Å². The second-order valence-corrected chi connectivity index (χ2v) is 7.93. The highest BCUT2D eigenvalue weighted by molar-refractivity contribution is 9.11. The van der Waals surface area contributed by atoms with Crippen LogP contribution >= 0.6 is 31.9 Å². The molecule has 0 atom stereocenters. The molecule has 5 nitrogen and oxygen atoms in total. The van der Waals surface area contributed by atoms with Gasteiger partial charge in [-0.1, -0.05) is 46.3 Å². The number of ether oxygens (including phenoxy) is 1. The zero-order valence-electron chi connectivity index (χ0n) is 15.1.